The number of benzene rings is 4. The minimum Gasteiger partial charge on any atom is -0.354 e. The van der Waals surface area contributed by atoms with Crippen molar-refractivity contribution >= 4 is 65.4 Å². The molecule has 0 spiro atoms. The molecule has 1 N–H and O–H groups in total. The molecule has 6 nitrogen and oxygen atoms in total. The summed E-state index contributed by atoms with van der Waals surface area (Å²) >= 11 is 0. The Labute approximate surface area is 197 Å². The highest BCUT2D eigenvalue weighted by atomic mass is 16.1. The van der Waals surface area contributed by atoms with Crippen LogP contribution in [0.25, 0.3) is 65.4 Å². The molecule has 3 aromatic heterocycles. The smallest absolute Gasteiger partial charge is 0.199 e. The van der Waals surface area contributed by atoms with Gasteiger partial charge in [-0.05, 0) is 36.4 Å². The summed E-state index contributed by atoms with van der Waals surface area (Å²) in [4.78, 5) is 45.3. The number of hydrogen-bond donors (Lipinski definition) is 1. The maximum Gasteiger partial charge on any atom is 0.199 e. The van der Waals surface area contributed by atoms with Crippen molar-refractivity contribution in [3.63, 3.8) is 0 Å². The molecule has 3 heterocycles. The second-order valence-electron chi connectivity index (χ2n) is 9.01. The first kappa shape index (κ1) is 19.7. The van der Waals surface area contributed by atoms with Crippen LogP contribution in [0.2, 0.25) is 0 Å². The number of aromatic nitrogens is 3. The van der Waals surface area contributed by atoms with Crippen LogP contribution in [0, 0.1) is 0 Å². The predicted octanol–water partition coefficient (Wildman–Crippen LogP) is 4.69. The van der Waals surface area contributed by atoms with Gasteiger partial charge in [-0.15, -0.1) is 0 Å². The second-order valence-corrected chi connectivity index (χ2v) is 9.01. The summed E-state index contributed by atoms with van der Waals surface area (Å²) in [6.07, 6.45) is 0. The molecule has 0 amide bonds. The Hall–Kier alpha value is -4.71. The number of aryl methyl sites for hydroxylation is 2. The van der Waals surface area contributed by atoms with E-state index >= 15 is 0 Å². The lowest BCUT2D eigenvalue weighted by atomic mass is 9.97. The van der Waals surface area contributed by atoms with Gasteiger partial charge in [0.15, 0.2) is 16.3 Å². The lowest BCUT2D eigenvalue weighted by Gasteiger charge is -2.18. The molecule has 0 fully saturated rings. The summed E-state index contributed by atoms with van der Waals surface area (Å²) in [7, 11) is 3.73. The quantitative estimate of drug-likeness (QED) is 0.265. The first-order valence-corrected chi connectivity index (χ1v) is 11.4. The van der Waals surface area contributed by atoms with E-state index in [2.05, 4.69) is 4.98 Å². The highest BCUT2D eigenvalue weighted by Gasteiger charge is 2.23. The van der Waals surface area contributed by atoms with Gasteiger partial charge in [-0.1, -0.05) is 36.4 Å². The number of nitrogens with one attached hydrogen (secondary N) is 1. The monoisotopic (exact) mass is 457 g/mol. The van der Waals surface area contributed by atoms with Crippen LogP contribution in [-0.4, -0.2) is 14.1 Å². The van der Waals surface area contributed by atoms with Crippen LogP contribution in [0.3, 0.4) is 0 Å². The summed E-state index contributed by atoms with van der Waals surface area (Å²) < 4.78 is 3.80. The normalized spacial score (nSPS) is 12.1. The molecule has 168 valence electrons. The topological polar surface area (TPSA) is 76.9 Å². The number of hydrogen-bond acceptors (Lipinski definition) is 3. The number of para-hydroxylation sites is 3. The SMILES string of the molecule is Cn1c2ccccc2c(=O)c2c1c1c(=O)c3ccccc3[nH]c1c1c(=O)c3ccccc3n(C)c12. The van der Waals surface area contributed by atoms with Crippen LogP contribution in [0.4, 0.5) is 0 Å². The van der Waals surface area contributed by atoms with Gasteiger partial charge in [0.2, 0.25) is 0 Å². The average Bonchev–Trinajstić information content (AvgIpc) is 2.89. The van der Waals surface area contributed by atoms with Gasteiger partial charge in [0.1, 0.15) is 0 Å². The Balaban J connectivity index is 2.01. The van der Waals surface area contributed by atoms with Crippen LogP contribution >= 0.6 is 0 Å². The maximum atomic E-state index is 14.0. The van der Waals surface area contributed by atoms with Gasteiger partial charge in [0.25, 0.3) is 0 Å². The van der Waals surface area contributed by atoms with Gasteiger partial charge in [-0.3, -0.25) is 14.4 Å². The molecule has 0 aliphatic heterocycles. The third-order valence-corrected chi connectivity index (χ3v) is 7.25. The zero-order valence-electron chi connectivity index (χ0n) is 19.0. The van der Waals surface area contributed by atoms with E-state index in [9.17, 15) is 14.4 Å². The Bertz CT molecular complexity index is 2180. The number of H-pyrrole nitrogens is 1. The third-order valence-electron chi connectivity index (χ3n) is 7.25. The van der Waals surface area contributed by atoms with Crippen molar-refractivity contribution < 1.29 is 0 Å². The number of nitrogens with zero attached hydrogens (tertiary/aromatic N) is 2. The zero-order valence-corrected chi connectivity index (χ0v) is 19.0. The fraction of sp³-hybridized carbons (Fsp3) is 0.0690. The first-order chi connectivity index (χ1) is 17.0. The van der Waals surface area contributed by atoms with Gasteiger partial charge >= 0.3 is 0 Å². The number of fused-ring (bicyclic) bond motifs is 9. The molecule has 0 atom stereocenters. The van der Waals surface area contributed by atoms with E-state index in [-0.39, 0.29) is 16.3 Å². The first-order valence-electron chi connectivity index (χ1n) is 11.4. The fourth-order valence-electron chi connectivity index (χ4n) is 5.66. The molecule has 0 saturated carbocycles. The van der Waals surface area contributed by atoms with Crippen LogP contribution < -0.4 is 16.3 Å². The van der Waals surface area contributed by atoms with Crippen molar-refractivity contribution in [2.75, 3.05) is 0 Å². The predicted molar refractivity (Wildman–Crippen MR) is 143 cm³/mol. The number of rotatable bonds is 0. The van der Waals surface area contributed by atoms with Crippen molar-refractivity contribution in [1.82, 2.24) is 14.1 Å². The number of aromatic amines is 1. The van der Waals surface area contributed by atoms with Gasteiger partial charge in [0.05, 0.1) is 43.7 Å². The molecule has 7 aromatic rings. The summed E-state index contributed by atoms with van der Waals surface area (Å²) in [6, 6.07) is 22.0. The molecule has 0 radical (unpaired) electrons. The van der Waals surface area contributed by atoms with Crippen molar-refractivity contribution in [2.24, 2.45) is 14.1 Å². The van der Waals surface area contributed by atoms with E-state index in [1.807, 2.05) is 77.8 Å². The highest BCUT2D eigenvalue weighted by molar-refractivity contribution is 6.26. The van der Waals surface area contributed by atoms with Crippen LogP contribution in [0.15, 0.2) is 87.2 Å². The van der Waals surface area contributed by atoms with Gasteiger partial charge < -0.3 is 14.1 Å². The van der Waals surface area contributed by atoms with Crippen molar-refractivity contribution in [3.8, 4) is 0 Å². The molecule has 7 rings (SSSR count). The van der Waals surface area contributed by atoms with E-state index in [1.54, 1.807) is 18.2 Å². The lowest BCUT2D eigenvalue weighted by molar-refractivity contribution is 0.994. The minimum atomic E-state index is -0.207. The van der Waals surface area contributed by atoms with Gasteiger partial charge in [0, 0.05) is 35.8 Å². The molecular formula is C29H19N3O3. The van der Waals surface area contributed by atoms with Crippen molar-refractivity contribution in [1.29, 1.82) is 0 Å². The highest BCUT2D eigenvalue weighted by Crippen LogP contribution is 2.33. The maximum absolute atomic E-state index is 14.0. The third kappa shape index (κ3) is 2.35. The molecule has 0 unspecified atom stereocenters. The van der Waals surface area contributed by atoms with E-state index in [1.165, 1.54) is 0 Å². The van der Waals surface area contributed by atoms with Crippen molar-refractivity contribution in [3.05, 3.63) is 103 Å². The molecule has 35 heavy (non-hydrogen) atoms. The number of pyridine rings is 3. The second kappa shape index (κ2) is 6.67. The molecule has 4 aromatic carbocycles. The molecule has 0 aliphatic carbocycles. The molecule has 0 aliphatic rings. The summed E-state index contributed by atoms with van der Waals surface area (Å²) in [5.41, 5.74) is 2.98. The standard InChI is InChI=1S/C29H19N3O3/c1-31-19-13-7-4-10-16(19)28(34)22-24-21(27(33)15-9-3-6-12-18(15)30-24)25-23(26(22)31)29(35)17-11-5-8-14-20(17)32(25)2/h3-14H,1-2H3,(H,30,33). The summed E-state index contributed by atoms with van der Waals surface area (Å²) in [5, 5.41) is 2.67. The van der Waals surface area contributed by atoms with Crippen LogP contribution in [0.1, 0.15) is 0 Å². The Morgan fingerprint density at radius 3 is 1.54 bits per heavy atom. The Morgan fingerprint density at radius 2 is 0.971 bits per heavy atom. The minimum absolute atomic E-state index is 0.196. The average molecular weight is 457 g/mol. The van der Waals surface area contributed by atoms with Gasteiger partial charge in [-0.25, -0.2) is 0 Å². The molecule has 0 saturated heterocycles. The Kier molecular flexibility index (Phi) is 3.76. The Morgan fingerprint density at radius 1 is 0.543 bits per heavy atom. The molecule has 6 heteroatoms. The lowest BCUT2D eigenvalue weighted by Crippen LogP contribution is -2.19. The van der Waals surface area contributed by atoms with Crippen LogP contribution in [-0.2, 0) is 14.1 Å². The van der Waals surface area contributed by atoms with Crippen LogP contribution in [0.5, 0.6) is 0 Å². The zero-order chi connectivity index (χ0) is 24.0. The van der Waals surface area contributed by atoms with E-state index in [0.29, 0.717) is 54.4 Å². The molecule has 0 bridgehead atoms. The van der Waals surface area contributed by atoms with Gasteiger partial charge in [-0.2, -0.15) is 0 Å². The fourth-order valence-corrected chi connectivity index (χ4v) is 5.66. The summed E-state index contributed by atoms with van der Waals surface area (Å²) in [5.74, 6) is 0. The van der Waals surface area contributed by atoms with E-state index in [0.717, 1.165) is 11.0 Å². The van der Waals surface area contributed by atoms with E-state index < -0.39 is 0 Å². The van der Waals surface area contributed by atoms with Crippen molar-refractivity contribution in [2.45, 2.75) is 0 Å². The molecular weight excluding hydrogens is 438 g/mol. The van der Waals surface area contributed by atoms with E-state index in [4.69, 9.17) is 0 Å². The summed E-state index contributed by atoms with van der Waals surface area (Å²) in [6.45, 7) is 0. The largest absolute Gasteiger partial charge is 0.354 e.